The number of nitrogens with zero attached hydrogens (tertiary/aromatic N) is 1. The Labute approximate surface area is 129 Å². The lowest BCUT2D eigenvalue weighted by molar-refractivity contribution is 0.357. The third kappa shape index (κ3) is 3.42. The van der Waals surface area contributed by atoms with Crippen molar-refractivity contribution in [1.29, 1.82) is 0 Å². The van der Waals surface area contributed by atoms with Crippen LogP contribution in [0.4, 0.5) is 0 Å². The number of hydrogen-bond acceptors (Lipinski definition) is 5. The van der Waals surface area contributed by atoms with Crippen molar-refractivity contribution in [3.8, 4) is 0 Å². The van der Waals surface area contributed by atoms with Crippen molar-refractivity contribution < 1.29 is 16.8 Å². The minimum absolute atomic E-state index is 0.0386. The molecule has 1 aromatic rings. The first-order valence-corrected chi connectivity index (χ1v) is 9.92. The average molecular weight is 348 g/mol. The highest BCUT2D eigenvalue weighted by molar-refractivity contribution is 7.92. The van der Waals surface area contributed by atoms with Gasteiger partial charge in [-0.2, -0.15) is 4.31 Å². The normalized spacial score (nSPS) is 22.8. The van der Waals surface area contributed by atoms with Crippen molar-refractivity contribution in [2.75, 3.05) is 18.1 Å². The molecule has 0 radical (unpaired) electrons. The monoisotopic (exact) mass is 348 g/mol. The summed E-state index contributed by atoms with van der Waals surface area (Å²) in [6.45, 7) is 1.55. The van der Waals surface area contributed by atoms with Gasteiger partial charge in [0.05, 0.1) is 16.4 Å². The minimum Gasteiger partial charge on any atom is -0.389 e. The predicted octanol–water partition coefficient (Wildman–Crippen LogP) is 0.128. The van der Waals surface area contributed by atoms with Gasteiger partial charge in [-0.15, -0.1) is 0 Å². The lowest BCUT2D eigenvalue weighted by Crippen LogP contribution is -2.49. The van der Waals surface area contributed by atoms with Gasteiger partial charge in [-0.3, -0.25) is 0 Å². The molecule has 1 heterocycles. The van der Waals surface area contributed by atoms with Crippen LogP contribution in [0.2, 0.25) is 0 Å². The maximum absolute atomic E-state index is 12.6. The first-order valence-electron chi connectivity index (χ1n) is 6.25. The Morgan fingerprint density at radius 3 is 2.67 bits per heavy atom. The van der Waals surface area contributed by atoms with Crippen LogP contribution < -0.4 is 5.73 Å². The van der Waals surface area contributed by atoms with E-state index in [4.69, 9.17) is 18.0 Å². The van der Waals surface area contributed by atoms with Crippen molar-refractivity contribution >= 4 is 37.1 Å². The molecule has 0 bridgehead atoms. The van der Waals surface area contributed by atoms with Gasteiger partial charge in [-0.1, -0.05) is 24.4 Å². The third-order valence-electron chi connectivity index (χ3n) is 3.33. The van der Waals surface area contributed by atoms with Gasteiger partial charge >= 0.3 is 0 Å². The molecule has 0 spiro atoms. The fourth-order valence-electron chi connectivity index (χ4n) is 2.29. The largest absolute Gasteiger partial charge is 0.389 e. The number of rotatable bonds is 3. The zero-order valence-electron chi connectivity index (χ0n) is 11.4. The van der Waals surface area contributed by atoms with E-state index in [0.717, 1.165) is 0 Å². The fourth-order valence-corrected chi connectivity index (χ4v) is 5.86. The zero-order chi connectivity index (χ0) is 15.8. The van der Waals surface area contributed by atoms with Crippen LogP contribution in [0, 0.1) is 0 Å². The molecule has 1 saturated heterocycles. The van der Waals surface area contributed by atoms with E-state index in [1.165, 1.54) is 16.4 Å². The molecule has 1 aromatic carbocycles. The summed E-state index contributed by atoms with van der Waals surface area (Å²) in [5, 5.41) is 0. The molecule has 0 amide bonds. The van der Waals surface area contributed by atoms with Gasteiger partial charge < -0.3 is 5.73 Å². The molecule has 1 unspecified atom stereocenters. The van der Waals surface area contributed by atoms with E-state index in [-0.39, 0.29) is 27.9 Å². The van der Waals surface area contributed by atoms with Gasteiger partial charge in [0.1, 0.15) is 4.99 Å². The molecule has 0 aromatic heterocycles. The molecule has 0 saturated carbocycles. The predicted molar refractivity (Wildman–Crippen MR) is 84.3 cm³/mol. The highest BCUT2D eigenvalue weighted by Gasteiger charge is 2.36. The van der Waals surface area contributed by atoms with Crippen LogP contribution in [-0.4, -0.2) is 50.2 Å². The van der Waals surface area contributed by atoms with E-state index in [1.54, 1.807) is 19.1 Å². The first kappa shape index (κ1) is 16.3. The van der Waals surface area contributed by atoms with Crippen molar-refractivity contribution in [2.24, 2.45) is 5.73 Å². The highest BCUT2D eigenvalue weighted by atomic mass is 32.2. The molecule has 1 aliphatic rings. The van der Waals surface area contributed by atoms with E-state index in [9.17, 15) is 16.8 Å². The number of thiocarbonyl (C=S) groups is 1. The molecular formula is C12H16N2O4S3. The molecule has 116 valence electrons. The Hall–Kier alpha value is -1.03. The van der Waals surface area contributed by atoms with Crippen LogP contribution in [0.25, 0.3) is 0 Å². The van der Waals surface area contributed by atoms with Gasteiger partial charge in [0.2, 0.25) is 10.0 Å². The third-order valence-corrected chi connectivity index (χ3v) is 7.37. The van der Waals surface area contributed by atoms with Crippen LogP contribution in [-0.2, 0) is 19.9 Å². The van der Waals surface area contributed by atoms with E-state index in [0.29, 0.717) is 5.56 Å². The second-order valence-corrected chi connectivity index (χ2v) is 9.53. The van der Waals surface area contributed by atoms with E-state index < -0.39 is 25.9 Å². The second kappa shape index (κ2) is 5.64. The standard InChI is InChI=1S/C12H16N2O4S3/c1-9-8-20(15,16)6-5-14(9)21(17,18)11-4-2-3-10(7-11)12(13)19/h2-4,7,9H,5-6,8H2,1H3,(H2,13,19). The van der Waals surface area contributed by atoms with Crippen LogP contribution >= 0.6 is 12.2 Å². The van der Waals surface area contributed by atoms with Crippen molar-refractivity contribution in [3.05, 3.63) is 29.8 Å². The zero-order valence-corrected chi connectivity index (χ0v) is 13.8. The fraction of sp³-hybridized carbons (Fsp3) is 0.417. The summed E-state index contributed by atoms with van der Waals surface area (Å²) < 4.78 is 49.6. The SMILES string of the molecule is CC1CS(=O)(=O)CCN1S(=O)(=O)c1cccc(C(N)=S)c1. The Bertz CT molecular complexity index is 771. The summed E-state index contributed by atoms with van der Waals surface area (Å²) in [4.78, 5) is 0.181. The van der Waals surface area contributed by atoms with E-state index >= 15 is 0 Å². The van der Waals surface area contributed by atoms with Crippen molar-refractivity contribution in [2.45, 2.75) is 17.9 Å². The smallest absolute Gasteiger partial charge is 0.243 e. The van der Waals surface area contributed by atoms with Gasteiger partial charge in [-0.05, 0) is 19.1 Å². The van der Waals surface area contributed by atoms with Crippen molar-refractivity contribution in [3.63, 3.8) is 0 Å². The maximum atomic E-state index is 12.6. The summed E-state index contributed by atoms with van der Waals surface area (Å²) in [7, 11) is -6.94. The van der Waals surface area contributed by atoms with Crippen LogP contribution in [0.1, 0.15) is 12.5 Å². The molecule has 2 rings (SSSR count). The van der Waals surface area contributed by atoms with Crippen molar-refractivity contribution in [1.82, 2.24) is 4.31 Å². The van der Waals surface area contributed by atoms with Gasteiger partial charge in [0.15, 0.2) is 9.84 Å². The Balaban J connectivity index is 2.39. The highest BCUT2D eigenvalue weighted by Crippen LogP contribution is 2.23. The number of benzene rings is 1. The number of sulfone groups is 1. The molecular weight excluding hydrogens is 332 g/mol. The molecule has 1 aliphatic heterocycles. The lowest BCUT2D eigenvalue weighted by atomic mass is 10.2. The molecule has 2 N–H and O–H groups in total. The number of nitrogens with two attached hydrogens (primary N) is 1. The van der Waals surface area contributed by atoms with Gasteiger partial charge in [0.25, 0.3) is 0 Å². The second-order valence-electron chi connectivity index (χ2n) is 4.97. The van der Waals surface area contributed by atoms with E-state index in [1.807, 2.05) is 0 Å². The Morgan fingerprint density at radius 1 is 1.43 bits per heavy atom. The van der Waals surface area contributed by atoms with Crippen LogP contribution in [0.15, 0.2) is 29.2 Å². The van der Waals surface area contributed by atoms with E-state index in [2.05, 4.69) is 0 Å². The summed E-state index contributed by atoms with van der Waals surface area (Å²) in [6.07, 6.45) is 0. The summed E-state index contributed by atoms with van der Waals surface area (Å²) in [6, 6.07) is 5.46. The van der Waals surface area contributed by atoms with Gasteiger partial charge in [-0.25, -0.2) is 16.8 Å². The average Bonchev–Trinajstić information content (AvgIpc) is 2.37. The number of sulfonamides is 1. The number of hydrogen-bond donors (Lipinski definition) is 1. The van der Waals surface area contributed by atoms with Crippen LogP contribution in [0.5, 0.6) is 0 Å². The summed E-state index contributed by atoms with van der Waals surface area (Å²) in [5.41, 5.74) is 5.97. The summed E-state index contributed by atoms with van der Waals surface area (Å²) >= 11 is 4.84. The molecule has 0 aliphatic carbocycles. The lowest BCUT2D eigenvalue weighted by Gasteiger charge is -2.32. The minimum atomic E-state index is -3.76. The van der Waals surface area contributed by atoms with Gasteiger partial charge in [0, 0.05) is 18.2 Å². The molecule has 6 nitrogen and oxygen atoms in total. The molecule has 21 heavy (non-hydrogen) atoms. The first-order chi connectivity index (χ1) is 9.63. The molecule has 1 fully saturated rings. The quantitative estimate of drug-likeness (QED) is 0.780. The Kier molecular flexibility index (Phi) is 4.39. The maximum Gasteiger partial charge on any atom is 0.243 e. The Morgan fingerprint density at radius 2 is 2.10 bits per heavy atom. The molecule has 9 heteroatoms. The molecule has 1 atom stereocenters. The summed E-state index contributed by atoms with van der Waals surface area (Å²) in [5.74, 6) is -0.327. The topological polar surface area (TPSA) is 97.5 Å². The van der Waals surface area contributed by atoms with Crippen LogP contribution in [0.3, 0.4) is 0 Å².